The highest BCUT2D eigenvalue weighted by Gasteiger charge is 2.14. The fourth-order valence-electron chi connectivity index (χ4n) is 1.37. The predicted octanol–water partition coefficient (Wildman–Crippen LogP) is 3.04. The average molecular weight is 303 g/mol. The van der Waals surface area contributed by atoms with E-state index >= 15 is 0 Å². The maximum absolute atomic E-state index is 12.8. The smallest absolute Gasteiger partial charge is 0.241 e. The maximum Gasteiger partial charge on any atom is 0.241 e. The van der Waals surface area contributed by atoms with Gasteiger partial charge >= 0.3 is 0 Å². The number of nitrogens with one attached hydrogen (secondary N) is 1. The lowest BCUT2D eigenvalue weighted by Crippen LogP contribution is -2.35. The molecule has 1 aromatic rings. The number of unbranched alkanes of at least 4 members (excludes halogenated alkanes) is 1. The number of anilines is 1. The zero-order valence-electron chi connectivity index (χ0n) is 9.67. The van der Waals surface area contributed by atoms with Crippen molar-refractivity contribution in [1.29, 1.82) is 0 Å². The Labute approximate surface area is 109 Å². The number of hydrogen-bond acceptors (Lipinski definition) is 2. The molecule has 0 unspecified atom stereocenters. The van der Waals surface area contributed by atoms with Crippen LogP contribution in [0.25, 0.3) is 0 Å². The number of nitrogens with two attached hydrogens (primary N) is 1. The van der Waals surface area contributed by atoms with Gasteiger partial charge < -0.3 is 11.1 Å². The lowest BCUT2D eigenvalue weighted by Gasteiger charge is -2.12. The molecular formula is C12H16BrFN2O. The molecule has 3 N–H and O–H groups in total. The van der Waals surface area contributed by atoms with Crippen molar-refractivity contribution in [2.24, 2.45) is 5.73 Å². The van der Waals surface area contributed by atoms with Crippen LogP contribution >= 0.6 is 15.9 Å². The Balaban J connectivity index is 2.61. The molecule has 0 bridgehead atoms. The van der Waals surface area contributed by atoms with Crippen molar-refractivity contribution in [1.82, 2.24) is 0 Å². The summed E-state index contributed by atoms with van der Waals surface area (Å²) in [5.74, 6) is -0.601. The maximum atomic E-state index is 12.8. The van der Waals surface area contributed by atoms with Crippen molar-refractivity contribution in [3.05, 3.63) is 28.5 Å². The van der Waals surface area contributed by atoms with Gasteiger partial charge in [0, 0.05) is 4.47 Å². The molecule has 94 valence electrons. The topological polar surface area (TPSA) is 55.1 Å². The zero-order chi connectivity index (χ0) is 12.8. The Morgan fingerprint density at radius 3 is 2.88 bits per heavy atom. The van der Waals surface area contributed by atoms with Gasteiger partial charge in [0.25, 0.3) is 0 Å². The van der Waals surface area contributed by atoms with E-state index in [1.54, 1.807) is 0 Å². The van der Waals surface area contributed by atoms with Crippen molar-refractivity contribution >= 4 is 27.5 Å². The number of rotatable bonds is 5. The molecule has 0 saturated heterocycles. The van der Waals surface area contributed by atoms with E-state index < -0.39 is 6.04 Å². The molecule has 0 heterocycles. The van der Waals surface area contributed by atoms with Crippen molar-refractivity contribution in [2.75, 3.05) is 5.32 Å². The number of amides is 1. The molecule has 0 spiro atoms. The van der Waals surface area contributed by atoms with Gasteiger partial charge in [-0.05, 0) is 40.5 Å². The van der Waals surface area contributed by atoms with Crippen LogP contribution in [-0.2, 0) is 4.79 Å². The molecule has 0 saturated carbocycles. The summed E-state index contributed by atoms with van der Waals surface area (Å²) in [6, 6.07) is 3.57. The van der Waals surface area contributed by atoms with E-state index in [0.717, 1.165) is 12.8 Å². The first-order valence-electron chi connectivity index (χ1n) is 5.56. The Morgan fingerprint density at radius 2 is 2.29 bits per heavy atom. The summed E-state index contributed by atoms with van der Waals surface area (Å²) in [6.45, 7) is 2.04. The number of carbonyl (C=O) groups is 1. The summed E-state index contributed by atoms with van der Waals surface area (Å²) < 4.78 is 13.4. The summed E-state index contributed by atoms with van der Waals surface area (Å²) in [5.41, 5.74) is 6.26. The van der Waals surface area contributed by atoms with Gasteiger partial charge in [-0.25, -0.2) is 4.39 Å². The van der Waals surface area contributed by atoms with Gasteiger partial charge in [0.15, 0.2) is 0 Å². The van der Waals surface area contributed by atoms with Gasteiger partial charge in [-0.15, -0.1) is 0 Å². The van der Waals surface area contributed by atoms with Crippen molar-refractivity contribution in [2.45, 2.75) is 32.2 Å². The third kappa shape index (κ3) is 4.44. The zero-order valence-corrected chi connectivity index (χ0v) is 11.3. The Hall–Kier alpha value is -0.940. The van der Waals surface area contributed by atoms with Crippen LogP contribution in [0.15, 0.2) is 22.7 Å². The van der Waals surface area contributed by atoms with Gasteiger partial charge in [0.05, 0.1) is 11.7 Å². The SMILES string of the molecule is CCCC[C@H](N)C(=O)Nc1ccc(F)cc1Br. The van der Waals surface area contributed by atoms with E-state index in [2.05, 4.69) is 21.2 Å². The van der Waals surface area contributed by atoms with E-state index in [1.165, 1.54) is 18.2 Å². The van der Waals surface area contributed by atoms with Crippen LogP contribution in [0.5, 0.6) is 0 Å². The first-order chi connectivity index (χ1) is 8.04. The summed E-state index contributed by atoms with van der Waals surface area (Å²) in [6.07, 6.45) is 2.57. The molecule has 1 rings (SSSR count). The van der Waals surface area contributed by atoms with Crippen LogP contribution < -0.4 is 11.1 Å². The van der Waals surface area contributed by atoms with Gasteiger partial charge in [-0.1, -0.05) is 19.8 Å². The number of hydrogen-bond donors (Lipinski definition) is 2. The Kier molecular flexibility index (Phi) is 5.58. The molecule has 0 aliphatic rings. The molecule has 1 amide bonds. The number of halogens is 2. The van der Waals surface area contributed by atoms with Crippen LogP contribution in [0, 0.1) is 5.82 Å². The highest BCUT2D eigenvalue weighted by molar-refractivity contribution is 9.10. The number of benzene rings is 1. The Morgan fingerprint density at radius 1 is 1.59 bits per heavy atom. The third-order valence-electron chi connectivity index (χ3n) is 2.39. The molecular weight excluding hydrogens is 287 g/mol. The van der Waals surface area contributed by atoms with Gasteiger partial charge in [-0.3, -0.25) is 4.79 Å². The second-order valence-electron chi connectivity index (χ2n) is 3.86. The van der Waals surface area contributed by atoms with Crippen LogP contribution in [0.4, 0.5) is 10.1 Å². The van der Waals surface area contributed by atoms with E-state index in [1.807, 2.05) is 6.92 Å². The first-order valence-corrected chi connectivity index (χ1v) is 6.35. The van der Waals surface area contributed by atoms with E-state index in [4.69, 9.17) is 5.73 Å². The average Bonchev–Trinajstić information content (AvgIpc) is 2.29. The molecule has 5 heteroatoms. The summed E-state index contributed by atoms with van der Waals surface area (Å²) in [5, 5.41) is 2.67. The molecule has 0 aliphatic heterocycles. The standard InChI is InChI=1S/C12H16BrFN2O/c1-2-3-4-10(15)12(17)16-11-6-5-8(14)7-9(11)13/h5-7,10H,2-4,15H2,1H3,(H,16,17)/t10-/m0/s1. The predicted molar refractivity (Wildman–Crippen MR) is 70.2 cm³/mol. The highest BCUT2D eigenvalue weighted by atomic mass is 79.9. The quantitative estimate of drug-likeness (QED) is 0.878. The molecule has 0 fully saturated rings. The van der Waals surface area contributed by atoms with Crippen molar-refractivity contribution in [3.8, 4) is 0 Å². The van der Waals surface area contributed by atoms with Gasteiger partial charge in [0.1, 0.15) is 5.82 Å². The minimum absolute atomic E-state index is 0.245. The summed E-state index contributed by atoms with van der Waals surface area (Å²) in [7, 11) is 0. The van der Waals surface area contributed by atoms with Crippen LogP contribution in [0.3, 0.4) is 0 Å². The first kappa shape index (κ1) is 14.1. The molecule has 17 heavy (non-hydrogen) atoms. The van der Waals surface area contributed by atoms with Crippen LogP contribution in [-0.4, -0.2) is 11.9 Å². The summed E-state index contributed by atoms with van der Waals surface area (Å²) >= 11 is 3.18. The minimum atomic E-state index is -0.521. The van der Waals surface area contributed by atoms with Crippen molar-refractivity contribution < 1.29 is 9.18 Å². The largest absolute Gasteiger partial charge is 0.324 e. The monoisotopic (exact) mass is 302 g/mol. The molecule has 0 aliphatic carbocycles. The molecule has 0 aromatic heterocycles. The van der Waals surface area contributed by atoms with E-state index in [-0.39, 0.29) is 11.7 Å². The Bertz CT molecular complexity index is 398. The molecule has 1 aromatic carbocycles. The fraction of sp³-hybridized carbons (Fsp3) is 0.417. The van der Waals surface area contributed by atoms with E-state index in [9.17, 15) is 9.18 Å². The molecule has 1 atom stereocenters. The van der Waals surface area contributed by atoms with Crippen molar-refractivity contribution in [3.63, 3.8) is 0 Å². The molecule has 0 radical (unpaired) electrons. The fourth-order valence-corrected chi connectivity index (χ4v) is 1.82. The minimum Gasteiger partial charge on any atom is -0.324 e. The van der Waals surface area contributed by atoms with Crippen LogP contribution in [0.1, 0.15) is 26.2 Å². The van der Waals surface area contributed by atoms with E-state index in [0.29, 0.717) is 16.6 Å². The van der Waals surface area contributed by atoms with Crippen LogP contribution in [0.2, 0.25) is 0 Å². The number of carbonyl (C=O) groups excluding carboxylic acids is 1. The van der Waals surface area contributed by atoms with Gasteiger partial charge in [0.2, 0.25) is 5.91 Å². The van der Waals surface area contributed by atoms with Gasteiger partial charge in [-0.2, -0.15) is 0 Å². The second-order valence-corrected chi connectivity index (χ2v) is 4.72. The normalized spacial score (nSPS) is 12.2. The lowest BCUT2D eigenvalue weighted by atomic mass is 10.1. The summed E-state index contributed by atoms with van der Waals surface area (Å²) in [4.78, 5) is 11.7. The molecule has 3 nitrogen and oxygen atoms in total. The second kappa shape index (κ2) is 6.71. The highest BCUT2D eigenvalue weighted by Crippen LogP contribution is 2.23. The third-order valence-corrected chi connectivity index (χ3v) is 3.05. The lowest BCUT2D eigenvalue weighted by molar-refractivity contribution is -0.117.